The van der Waals surface area contributed by atoms with Crippen molar-refractivity contribution >= 4 is 6.03 Å². The van der Waals surface area contributed by atoms with Crippen molar-refractivity contribution in [2.75, 3.05) is 13.1 Å². The van der Waals surface area contributed by atoms with Crippen LogP contribution < -0.4 is 5.32 Å². The molecule has 1 aromatic carbocycles. The van der Waals surface area contributed by atoms with E-state index in [0.29, 0.717) is 5.92 Å². The summed E-state index contributed by atoms with van der Waals surface area (Å²) < 4.78 is 0. The van der Waals surface area contributed by atoms with Crippen molar-refractivity contribution in [3.63, 3.8) is 0 Å². The summed E-state index contributed by atoms with van der Waals surface area (Å²) in [5, 5.41) is 3.18. The first-order valence-corrected chi connectivity index (χ1v) is 7.93. The predicted molar refractivity (Wildman–Crippen MR) is 83.7 cm³/mol. The number of amides is 2. The monoisotopic (exact) mass is 296 g/mol. The van der Waals surface area contributed by atoms with Gasteiger partial charge >= 0.3 is 6.03 Å². The van der Waals surface area contributed by atoms with Crippen LogP contribution in [-0.4, -0.2) is 40.0 Å². The van der Waals surface area contributed by atoms with E-state index >= 15 is 0 Å². The summed E-state index contributed by atoms with van der Waals surface area (Å²) in [5.41, 5.74) is 3.59. The minimum atomic E-state index is 0.0635. The summed E-state index contributed by atoms with van der Waals surface area (Å²) in [7, 11) is 0. The Hall–Kier alpha value is -2.30. The normalized spacial score (nSPS) is 23.5. The fraction of sp³-hybridized carbons (Fsp3) is 0.412. The average Bonchev–Trinajstić information content (AvgIpc) is 3.23. The molecule has 0 saturated heterocycles. The highest BCUT2D eigenvalue weighted by Gasteiger charge is 2.40. The first kappa shape index (κ1) is 13.4. The number of nitrogens with zero attached hydrogens (tertiary/aromatic N) is 2. The van der Waals surface area contributed by atoms with Crippen LogP contribution in [0, 0.1) is 0 Å². The van der Waals surface area contributed by atoms with Crippen LogP contribution in [0.15, 0.2) is 36.7 Å². The molecule has 1 fully saturated rings. The van der Waals surface area contributed by atoms with Crippen LogP contribution in [0.2, 0.25) is 0 Å². The third-order valence-electron chi connectivity index (χ3n) is 4.67. The number of H-pyrrole nitrogens is 1. The summed E-state index contributed by atoms with van der Waals surface area (Å²) in [5.74, 6) is 0.478. The number of fused-ring (bicyclic) bond motifs is 1. The predicted octanol–water partition coefficient (Wildman–Crippen LogP) is 2.08. The molecular weight excluding hydrogens is 276 g/mol. The molecule has 0 radical (unpaired) electrons. The van der Waals surface area contributed by atoms with Crippen LogP contribution in [0.3, 0.4) is 0 Å². The number of aromatic amines is 1. The minimum Gasteiger partial charge on any atom is -0.348 e. The molecule has 5 nitrogen and oxygen atoms in total. The van der Waals surface area contributed by atoms with Crippen molar-refractivity contribution in [2.24, 2.45) is 0 Å². The van der Waals surface area contributed by atoms with E-state index < -0.39 is 0 Å². The van der Waals surface area contributed by atoms with Crippen molar-refractivity contribution < 1.29 is 4.79 Å². The Kier molecular flexibility index (Phi) is 3.33. The number of aromatic nitrogens is 2. The second-order valence-electron chi connectivity index (χ2n) is 6.12. The van der Waals surface area contributed by atoms with Crippen LogP contribution in [0.5, 0.6) is 0 Å². The second kappa shape index (κ2) is 5.48. The Morgan fingerprint density at radius 2 is 2.05 bits per heavy atom. The number of hydrogen-bond acceptors (Lipinski definition) is 2. The SMILES string of the molecule is O=C(NC1CC1c1ccccc1)N1CCc2nc[nH]c2CC1. The van der Waals surface area contributed by atoms with E-state index in [4.69, 9.17) is 0 Å². The maximum Gasteiger partial charge on any atom is 0.317 e. The molecule has 2 amide bonds. The third-order valence-corrected chi connectivity index (χ3v) is 4.67. The van der Waals surface area contributed by atoms with Gasteiger partial charge in [-0.2, -0.15) is 0 Å². The first-order chi connectivity index (χ1) is 10.8. The quantitative estimate of drug-likeness (QED) is 0.891. The summed E-state index contributed by atoms with van der Waals surface area (Å²) in [6.45, 7) is 1.50. The molecule has 0 bridgehead atoms. The lowest BCUT2D eigenvalue weighted by molar-refractivity contribution is 0.199. The topological polar surface area (TPSA) is 61.0 Å². The van der Waals surface area contributed by atoms with Crippen LogP contribution in [-0.2, 0) is 12.8 Å². The highest BCUT2D eigenvalue weighted by molar-refractivity contribution is 5.75. The minimum absolute atomic E-state index is 0.0635. The van der Waals surface area contributed by atoms with E-state index in [0.717, 1.165) is 38.0 Å². The molecule has 2 aliphatic rings. The molecule has 1 saturated carbocycles. The van der Waals surface area contributed by atoms with Gasteiger partial charge in [0.25, 0.3) is 0 Å². The van der Waals surface area contributed by atoms with Crippen LogP contribution in [0.4, 0.5) is 4.79 Å². The molecule has 2 heterocycles. The molecule has 2 N–H and O–H groups in total. The molecule has 114 valence electrons. The Morgan fingerprint density at radius 3 is 2.91 bits per heavy atom. The van der Waals surface area contributed by atoms with Crippen molar-refractivity contribution in [3.8, 4) is 0 Å². The van der Waals surface area contributed by atoms with Crippen LogP contribution in [0.25, 0.3) is 0 Å². The molecule has 5 heteroatoms. The van der Waals surface area contributed by atoms with E-state index in [1.54, 1.807) is 6.33 Å². The van der Waals surface area contributed by atoms with Gasteiger partial charge < -0.3 is 15.2 Å². The van der Waals surface area contributed by atoms with E-state index in [1.165, 1.54) is 11.3 Å². The fourth-order valence-corrected chi connectivity index (χ4v) is 3.26. The highest BCUT2D eigenvalue weighted by Crippen LogP contribution is 2.40. The van der Waals surface area contributed by atoms with Gasteiger partial charge in [0, 0.05) is 43.6 Å². The molecule has 0 spiro atoms. The molecule has 22 heavy (non-hydrogen) atoms. The molecule has 1 aromatic heterocycles. The third kappa shape index (κ3) is 2.58. The Balaban J connectivity index is 1.33. The Bertz CT molecular complexity index is 644. The zero-order chi connectivity index (χ0) is 14.9. The number of hydrogen-bond donors (Lipinski definition) is 2. The summed E-state index contributed by atoms with van der Waals surface area (Å²) in [6, 6.07) is 10.8. The molecule has 2 aromatic rings. The fourth-order valence-electron chi connectivity index (χ4n) is 3.26. The Labute approximate surface area is 129 Å². The molecule has 1 aliphatic heterocycles. The lowest BCUT2D eigenvalue weighted by atomic mass is 10.1. The van der Waals surface area contributed by atoms with Gasteiger partial charge in [0.2, 0.25) is 0 Å². The molecular formula is C17H20N4O. The zero-order valence-electron chi connectivity index (χ0n) is 12.5. The van der Waals surface area contributed by atoms with Gasteiger partial charge in [-0.3, -0.25) is 0 Å². The van der Waals surface area contributed by atoms with Gasteiger partial charge in [0.1, 0.15) is 0 Å². The largest absolute Gasteiger partial charge is 0.348 e. The molecule has 2 unspecified atom stereocenters. The van der Waals surface area contributed by atoms with Gasteiger partial charge in [-0.25, -0.2) is 9.78 Å². The van der Waals surface area contributed by atoms with Crippen molar-refractivity contribution in [1.29, 1.82) is 0 Å². The average molecular weight is 296 g/mol. The summed E-state index contributed by atoms with van der Waals surface area (Å²) in [6.07, 6.45) is 4.48. The number of carbonyl (C=O) groups is 1. The molecule has 2 atom stereocenters. The van der Waals surface area contributed by atoms with Gasteiger partial charge in [0.05, 0.1) is 12.0 Å². The van der Waals surface area contributed by atoms with E-state index in [2.05, 4.69) is 39.6 Å². The second-order valence-corrected chi connectivity index (χ2v) is 6.12. The highest BCUT2D eigenvalue weighted by atomic mass is 16.2. The smallest absolute Gasteiger partial charge is 0.317 e. The lowest BCUT2D eigenvalue weighted by Gasteiger charge is -2.20. The van der Waals surface area contributed by atoms with Crippen LogP contribution >= 0.6 is 0 Å². The number of carbonyl (C=O) groups excluding carboxylic acids is 1. The van der Waals surface area contributed by atoms with Crippen LogP contribution in [0.1, 0.15) is 29.3 Å². The van der Waals surface area contributed by atoms with Gasteiger partial charge in [-0.1, -0.05) is 30.3 Å². The van der Waals surface area contributed by atoms with Crippen molar-refractivity contribution in [1.82, 2.24) is 20.2 Å². The van der Waals surface area contributed by atoms with Crippen molar-refractivity contribution in [2.45, 2.75) is 31.2 Å². The zero-order valence-corrected chi connectivity index (χ0v) is 12.5. The maximum atomic E-state index is 12.4. The van der Waals surface area contributed by atoms with E-state index in [1.807, 2.05) is 11.0 Å². The summed E-state index contributed by atoms with van der Waals surface area (Å²) in [4.78, 5) is 21.8. The van der Waals surface area contributed by atoms with Crippen molar-refractivity contribution in [3.05, 3.63) is 53.6 Å². The van der Waals surface area contributed by atoms with Gasteiger partial charge in [-0.15, -0.1) is 0 Å². The molecule has 1 aliphatic carbocycles. The first-order valence-electron chi connectivity index (χ1n) is 7.93. The van der Waals surface area contributed by atoms with Gasteiger partial charge in [0.15, 0.2) is 0 Å². The number of imidazole rings is 1. The van der Waals surface area contributed by atoms with Gasteiger partial charge in [-0.05, 0) is 12.0 Å². The maximum absolute atomic E-state index is 12.4. The van der Waals surface area contributed by atoms with E-state index in [-0.39, 0.29) is 12.1 Å². The Morgan fingerprint density at radius 1 is 1.23 bits per heavy atom. The van der Waals surface area contributed by atoms with E-state index in [9.17, 15) is 4.79 Å². The number of urea groups is 1. The number of benzene rings is 1. The number of rotatable bonds is 2. The standard InChI is InChI=1S/C17H20N4O/c22-17(20-16-10-13(16)12-4-2-1-3-5-12)21-8-6-14-15(7-9-21)19-11-18-14/h1-5,11,13,16H,6-10H2,(H,18,19)(H,20,22). The molecule has 4 rings (SSSR count). The lowest BCUT2D eigenvalue weighted by Crippen LogP contribution is -2.42. The summed E-state index contributed by atoms with van der Waals surface area (Å²) >= 11 is 0. The number of nitrogens with one attached hydrogen (secondary N) is 2.